The Balaban J connectivity index is 2.00. The summed E-state index contributed by atoms with van der Waals surface area (Å²) in [6, 6.07) is 11.9. The van der Waals surface area contributed by atoms with Crippen molar-refractivity contribution in [2.75, 3.05) is 33.8 Å². The molecule has 1 fully saturated rings. The van der Waals surface area contributed by atoms with Gasteiger partial charge in [0.05, 0.1) is 13.2 Å². The van der Waals surface area contributed by atoms with Gasteiger partial charge in [0.25, 0.3) is 5.91 Å². The van der Waals surface area contributed by atoms with Crippen LogP contribution >= 0.6 is 0 Å². The Hall–Kier alpha value is -2.73. The van der Waals surface area contributed by atoms with Crippen molar-refractivity contribution < 1.29 is 14.3 Å². The van der Waals surface area contributed by atoms with Crippen LogP contribution in [0.4, 0.5) is 0 Å². The zero-order valence-corrected chi connectivity index (χ0v) is 16.7. The van der Waals surface area contributed by atoms with E-state index >= 15 is 0 Å². The summed E-state index contributed by atoms with van der Waals surface area (Å²) in [5.41, 5.74) is 2.00. The van der Waals surface area contributed by atoms with Crippen molar-refractivity contribution in [3.05, 3.63) is 54.4 Å². The number of nitrogens with zero attached hydrogens (tertiary/aromatic N) is 3. The van der Waals surface area contributed by atoms with Crippen LogP contribution in [0.5, 0.6) is 0 Å². The van der Waals surface area contributed by atoms with E-state index in [1.807, 2.05) is 43.3 Å². The third kappa shape index (κ3) is 4.07. The van der Waals surface area contributed by atoms with E-state index in [4.69, 9.17) is 4.74 Å². The van der Waals surface area contributed by atoms with E-state index in [1.165, 1.54) is 0 Å². The minimum atomic E-state index is -1.09. The first kappa shape index (κ1) is 20.0. The number of carbonyl (C=O) groups is 2. The summed E-state index contributed by atoms with van der Waals surface area (Å²) in [5.74, 6) is -0.0766. The lowest BCUT2D eigenvalue weighted by Crippen LogP contribution is -2.61. The molecule has 3 rings (SSSR count). The number of benzene rings is 1. The maximum atomic E-state index is 13.2. The van der Waals surface area contributed by atoms with Crippen molar-refractivity contribution in [2.45, 2.75) is 25.4 Å². The van der Waals surface area contributed by atoms with Crippen molar-refractivity contribution in [1.29, 1.82) is 0 Å². The van der Waals surface area contributed by atoms with Gasteiger partial charge in [-0.1, -0.05) is 31.2 Å². The van der Waals surface area contributed by atoms with E-state index in [1.54, 1.807) is 36.3 Å². The summed E-state index contributed by atoms with van der Waals surface area (Å²) in [6.45, 7) is 2.97. The Morgan fingerprint density at radius 2 is 1.89 bits per heavy atom. The Kier molecular flexibility index (Phi) is 6.09. The van der Waals surface area contributed by atoms with E-state index in [9.17, 15) is 9.59 Å². The van der Waals surface area contributed by atoms with E-state index in [2.05, 4.69) is 4.98 Å². The molecule has 148 valence electrons. The number of morpholine rings is 1. The van der Waals surface area contributed by atoms with Crippen LogP contribution in [-0.2, 0) is 20.7 Å². The smallest absolute Gasteiger partial charge is 0.256 e. The van der Waals surface area contributed by atoms with Crippen LogP contribution in [0.1, 0.15) is 18.9 Å². The first-order valence-corrected chi connectivity index (χ1v) is 9.58. The Labute approximate surface area is 166 Å². The maximum Gasteiger partial charge on any atom is 0.256 e. The molecular formula is C22H27N3O3. The highest BCUT2D eigenvalue weighted by atomic mass is 16.5. The van der Waals surface area contributed by atoms with Gasteiger partial charge >= 0.3 is 0 Å². The highest BCUT2D eigenvalue weighted by Gasteiger charge is 2.46. The average Bonchev–Trinajstić information content (AvgIpc) is 2.73. The Morgan fingerprint density at radius 1 is 1.18 bits per heavy atom. The van der Waals surface area contributed by atoms with Gasteiger partial charge in [0.1, 0.15) is 0 Å². The first-order chi connectivity index (χ1) is 13.5. The van der Waals surface area contributed by atoms with Gasteiger partial charge in [-0.25, -0.2) is 0 Å². The summed E-state index contributed by atoms with van der Waals surface area (Å²) in [7, 11) is 3.45. The second-order valence-electron chi connectivity index (χ2n) is 7.28. The molecule has 0 radical (unpaired) electrons. The Morgan fingerprint density at radius 3 is 2.57 bits per heavy atom. The third-order valence-corrected chi connectivity index (χ3v) is 5.12. The molecule has 2 aromatic rings. The van der Waals surface area contributed by atoms with E-state index in [0.29, 0.717) is 26.0 Å². The third-order valence-electron chi connectivity index (χ3n) is 5.12. The summed E-state index contributed by atoms with van der Waals surface area (Å²) >= 11 is 0. The summed E-state index contributed by atoms with van der Waals surface area (Å²) in [4.78, 5) is 32.9. The lowest BCUT2D eigenvalue weighted by molar-refractivity contribution is -0.172. The number of likely N-dealkylation sites (N-methyl/N-ethyl adjacent to an activating group) is 1. The summed E-state index contributed by atoms with van der Waals surface area (Å²) < 4.78 is 6.11. The molecule has 2 heterocycles. The van der Waals surface area contributed by atoms with Gasteiger partial charge in [-0.3, -0.25) is 14.6 Å². The van der Waals surface area contributed by atoms with Crippen LogP contribution in [0.2, 0.25) is 0 Å². The molecule has 0 saturated carbocycles. The van der Waals surface area contributed by atoms with Gasteiger partial charge in [0.2, 0.25) is 5.91 Å². The minimum Gasteiger partial charge on any atom is -0.361 e. The molecule has 6 heteroatoms. The summed E-state index contributed by atoms with van der Waals surface area (Å²) in [5, 5.41) is 0. The van der Waals surface area contributed by atoms with Crippen LogP contribution in [0.3, 0.4) is 0 Å². The highest BCUT2D eigenvalue weighted by molar-refractivity contribution is 5.87. The lowest BCUT2D eigenvalue weighted by atomic mass is 9.87. The van der Waals surface area contributed by atoms with Gasteiger partial charge in [-0.05, 0) is 28.8 Å². The average molecular weight is 381 g/mol. The van der Waals surface area contributed by atoms with Gasteiger partial charge < -0.3 is 14.5 Å². The monoisotopic (exact) mass is 381 g/mol. The fraction of sp³-hybridized carbons (Fsp3) is 0.409. The Bertz CT molecular complexity index is 838. The van der Waals surface area contributed by atoms with Crippen LogP contribution in [0.15, 0.2) is 48.8 Å². The predicted molar refractivity (Wildman–Crippen MR) is 108 cm³/mol. The van der Waals surface area contributed by atoms with Crippen molar-refractivity contribution in [3.8, 4) is 11.1 Å². The number of amides is 2. The van der Waals surface area contributed by atoms with Gasteiger partial charge in [-0.15, -0.1) is 0 Å². The van der Waals surface area contributed by atoms with Gasteiger partial charge in [-0.2, -0.15) is 0 Å². The number of carbonyl (C=O) groups excluding carboxylic acids is 2. The van der Waals surface area contributed by atoms with Crippen LogP contribution in [0, 0.1) is 0 Å². The predicted octanol–water partition coefficient (Wildman–Crippen LogP) is 2.39. The molecule has 0 aliphatic carbocycles. The topological polar surface area (TPSA) is 62.7 Å². The van der Waals surface area contributed by atoms with E-state index < -0.39 is 5.60 Å². The molecule has 0 bridgehead atoms. The second kappa shape index (κ2) is 8.52. The zero-order chi connectivity index (χ0) is 20.1. The highest BCUT2D eigenvalue weighted by Crippen LogP contribution is 2.31. The summed E-state index contributed by atoms with van der Waals surface area (Å²) in [6.07, 6.45) is 4.33. The minimum absolute atomic E-state index is 0.0432. The number of pyridine rings is 1. The number of hydrogen-bond donors (Lipinski definition) is 0. The van der Waals surface area contributed by atoms with Crippen LogP contribution < -0.4 is 0 Å². The van der Waals surface area contributed by atoms with E-state index in [0.717, 1.165) is 16.7 Å². The molecule has 28 heavy (non-hydrogen) atoms. The fourth-order valence-electron chi connectivity index (χ4n) is 3.74. The molecule has 1 aromatic carbocycles. The number of hydrogen-bond acceptors (Lipinski definition) is 4. The zero-order valence-electron chi connectivity index (χ0n) is 16.7. The van der Waals surface area contributed by atoms with Gasteiger partial charge in [0, 0.05) is 45.9 Å². The molecular weight excluding hydrogens is 354 g/mol. The van der Waals surface area contributed by atoms with E-state index in [-0.39, 0.29) is 18.4 Å². The standard InChI is InChI=1S/C22H27N3O3/c1-4-20(26)25-13-14-28-22(16-25,21(27)24(2)3)15-18-7-5-6-8-19(18)17-9-11-23-12-10-17/h5-12H,4,13-16H2,1-3H3/t22-/m0/s1. The molecule has 1 aliphatic rings. The number of aromatic nitrogens is 1. The lowest BCUT2D eigenvalue weighted by Gasteiger charge is -2.43. The molecule has 0 spiro atoms. The molecule has 1 aromatic heterocycles. The molecule has 1 aliphatic heterocycles. The van der Waals surface area contributed by atoms with Crippen LogP contribution in [-0.4, -0.2) is 66.0 Å². The van der Waals surface area contributed by atoms with Crippen molar-refractivity contribution >= 4 is 11.8 Å². The van der Waals surface area contributed by atoms with Crippen molar-refractivity contribution in [3.63, 3.8) is 0 Å². The van der Waals surface area contributed by atoms with Gasteiger partial charge in [0.15, 0.2) is 5.60 Å². The molecule has 0 N–H and O–H groups in total. The van der Waals surface area contributed by atoms with Crippen LogP contribution in [0.25, 0.3) is 11.1 Å². The fourth-order valence-corrected chi connectivity index (χ4v) is 3.74. The molecule has 2 amide bonds. The SMILES string of the molecule is CCC(=O)N1CCO[C@](Cc2ccccc2-c2ccncc2)(C(=O)N(C)C)C1. The molecule has 1 atom stereocenters. The quantitative estimate of drug-likeness (QED) is 0.798. The molecule has 0 unspecified atom stereocenters. The number of ether oxygens (including phenoxy) is 1. The number of rotatable bonds is 5. The van der Waals surface area contributed by atoms with Crippen molar-refractivity contribution in [1.82, 2.24) is 14.8 Å². The first-order valence-electron chi connectivity index (χ1n) is 9.58. The largest absolute Gasteiger partial charge is 0.361 e. The second-order valence-corrected chi connectivity index (χ2v) is 7.28. The van der Waals surface area contributed by atoms with Crippen molar-refractivity contribution in [2.24, 2.45) is 0 Å². The normalized spacial score (nSPS) is 19.3. The maximum absolute atomic E-state index is 13.2. The molecule has 6 nitrogen and oxygen atoms in total. The molecule has 1 saturated heterocycles.